The van der Waals surface area contributed by atoms with Gasteiger partial charge in [0, 0.05) is 18.8 Å². The molecule has 0 fully saturated rings. The summed E-state index contributed by atoms with van der Waals surface area (Å²) in [6, 6.07) is 8.62. The summed E-state index contributed by atoms with van der Waals surface area (Å²) in [4.78, 5) is 6.73. The average Bonchev–Trinajstić information content (AvgIpc) is 2.68. The van der Waals surface area contributed by atoms with Gasteiger partial charge in [0.05, 0.1) is 11.4 Å². The molecule has 1 aromatic rings. The summed E-state index contributed by atoms with van der Waals surface area (Å²) in [5.41, 5.74) is 7.08. The molecule has 1 atom stereocenters. The molecule has 0 aromatic heterocycles. The van der Waals surface area contributed by atoms with Crippen LogP contribution >= 0.6 is 0 Å². The zero-order valence-electron chi connectivity index (χ0n) is 17.5. The molecule has 0 radical (unpaired) electrons. The number of allylic oxidation sites excluding steroid dienone is 5. The lowest BCUT2D eigenvalue weighted by Crippen LogP contribution is -2.28. The van der Waals surface area contributed by atoms with Gasteiger partial charge in [-0.25, -0.2) is 4.99 Å². The summed E-state index contributed by atoms with van der Waals surface area (Å²) in [6.07, 6.45) is 6.58. The summed E-state index contributed by atoms with van der Waals surface area (Å²) >= 11 is 0. The van der Waals surface area contributed by atoms with Crippen LogP contribution in [0.15, 0.2) is 96.6 Å². The molecule has 2 rings (SSSR count). The van der Waals surface area contributed by atoms with Gasteiger partial charge in [0.2, 0.25) is 0 Å². The van der Waals surface area contributed by atoms with Crippen molar-refractivity contribution in [2.45, 2.75) is 33.2 Å². The fraction of sp³-hybridized carbons (Fsp3) is 0.240. The van der Waals surface area contributed by atoms with Gasteiger partial charge >= 0.3 is 0 Å². The van der Waals surface area contributed by atoms with Crippen molar-refractivity contribution in [3.05, 3.63) is 103 Å². The smallest absolute Gasteiger partial charge is 0.133 e. The van der Waals surface area contributed by atoms with E-state index in [1.54, 1.807) is 6.08 Å². The number of nitrogens with one attached hydrogen (secondary N) is 1. The standard InChI is InChI=1S/C25H31N3/c1-9-11-25-27-23(16-24(17(3)4)28(25)8)20(7)26-19(6)22-14-12-21(13-15-22)18(5)10-2/h9,11-16,19,26H,1,3,5,7,10H2,2,4,6,8H3/b25-11-/t19-/m0/s1. The second kappa shape index (κ2) is 9.23. The molecule has 1 aromatic carbocycles. The number of hydrogen-bond acceptors (Lipinski definition) is 3. The molecule has 0 saturated carbocycles. The van der Waals surface area contributed by atoms with Crippen molar-refractivity contribution < 1.29 is 0 Å². The van der Waals surface area contributed by atoms with Gasteiger partial charge < -0.3 is 10.2 Å². The minimum absolute atomic E-state index is 0.104. The zero-order chi connectivity index (χ0) is 20.8. The molecule has 28 heavy (non-hydrogen) atoms. The van der Waals surface area contributed by atoms with Crippen molar-refractivity contribution in [2.24, 2.45) is 4.99 Å². The third kappa shape index (κ3) is 4.80. The highest BCUT2D eigenvalue weighted by Crippen LogP contribution is 2.25. The van der Waals surface area contributed by atoms with Crippen LogP contribution in [0.5, 0.6) is 0 Å². The molecule has 3 nitrogen and oxygen atoms in total. The van der Waals surface area contributed by atoms with E-state index >= 15 is 0 Å². The van der Waals surface area contributed by atoms with Crippen molar-refractivity contribution in [1.29, 1.82) is 0 Å². The predicted octanol–water partition coefficient (Wildman–Crippen LogP) is 6.15. The van der Waals surface area contributed by atoms with E-state index < -0.39 is 0 Å². The van der Waals surface area contributed by atoms with Gasteiger partial charge in [-0.2, -0.15) is 0 Å². The van der Waals surface area contributed by atoms with Crippen LogP contribution in [0.3, 0.4) is 0 Å². The highest BCUT2D eigenvalue weighted by molar-refractivity contribution is 6.09. The maximum Gasteiger partial charge on any atom is 0.133 e. The molecular weight excluding hydrogens is 342 g/mol. The first-order chi connectivity index (χ1) is 13.3. The zero-order valence-corrected chi connectivity index (χ0v) is 17.5. The lowest BCUT2D eigenvalue weighted by atomic mass is 10.0. The van der Waals surface area contributed by atoms with Gasteiger partial charge in [-0.05, 0) is 54.7 Å². The molecule has 1 heterocycles. The Kier molecular flexibility index (Phi) is 7.00. The van der Waals surface area contributed by atoms with Crippen molar-refractivity contribution in [1.82, 2.24) is 10.2 Å². The predicted molar refractivity (Wildman–Crippen MR) is 123 cm³/mol. The van der Waals surface area contributed by atoms with E-state index in [4.69, 9.17) is 4.99 Å². The largest absolute Gasteiger partial charge is 0.377 e. The van der Waals surface area contributed by atoms with E-state index in [9.17, 15) is 0 Å². The fourth-order valence-electron chi connectivity index (χ4n) is 3.03. The number of aliphatic imine (C=N–C) groups is 1. The van der Waals surface area contributed by atoms with Crippen LogP contribution in [0.2, 0.25) is 0 Å². The average molecular weight is 374 g/mol. The Morgan fingerprint density at radius 2 is 1.86 bits per heavy atom. The van der Waals surface area contributed by atoms with Gasteiger partial charge in [-0.3, -0.25) is 0 Å². The van der Waals surface area contributed by atoms with Gasteiger partial charge in [-0.1, -0.05) is 63.6 Å². The van der Waals surface area contributed by atoms with Gasteiger partial charge in [0.1, 0.15) is 5.82 Å². The Labute approximate surface area is 169 Å². The Morgan fingerprint density at radius 3 is 2.39 bits per heavy atom. The van der Waals surface area contributed by atoms with E-state index in [2.05, 4.69) is 69.7 Å². The lowest BCUT2D eigenvalue weighted by molar-refractivity contribution is 0.517. The third-order valence-electron chi connectivity index (χ3n) is 4.86. The Bertz CT molecular complexity index is 879. The van der Waals surface area contributed by atoms with E-state index in [-0.39, 0.29) is 6.04 Å². The number of hydrogen-bond donors (Lipinski definition) is 1. The molecule has 0 bridgehead atoms. The SMILES string of the molecule is C=C/C=C1/N=C(C(=C)N[C@@H](C)c2ccc(C(=C)CC)cc2)C=C(C(=C)C)N1C. The highest BCUT2D eigenvalue weighted by atomic mass is 15.2. The molecule has 1 aliphatic heterocycles. The fourth-order valence-corrected chi connectivity index (χ4v) is 3.03. The van der Waals surface area contributed by atoms with E-state index in [1.165, 1.54) is 11.1 Å². The van der Waals surface area contributed by atoms with Crippen molar-refractivity contribution >= 4 is 11.3 Å². The highest BCUT2D eigenvalue weighted by Gasteiger charge is 2.19. The molecule has 0 aliphatic carbocycles. The summed E-state index contributed by atoms with van der Waals surface area (Å²) in [7, 11) is 1.97. The first kappa shape index (κ1) is 21.2. The summed E-state index contributed by atoms with van der Waals surface area (Å²) < 4.78 is 0. The maximum absolute atomic E-state index is 4.72. The summed E-state index contributed by atoms with van der Waals surface area (Å²) in [5.74, 6) is 0.809. The Balaban J connectivity index is 2.21. The topological polar surface area (TPSA) is 27.6 Å². The minimum atomic E-state index is 0.104. The van der Waals surface area contributed by atoms with Crippen LogP contribution in [0.1, 0.15) is 44.4 Å². The Morgan fingerprint density at radius 1 is 1.21 bits per heavy atom. The van der Waals surface area contributed by atoms with Crippen LogP contribution in [-0.2, 0) is 0 Å². The van der Waals surface area contributed by atoms with Gasteiger partial charge in [0.25, 0.3) is 0 Å². The molecule has 1 aliphatic rings. The summed E-state index contributed by atoms with van der Waals surface area (Å²) in [5, 5.41) is 3.47. The van der Waals surface area contributed by atoms with E-state index in [0.717, 1.165) is 40.5 Å². The quantitative estimate of drug-likeness (QED) is 0.592. The molecular formula is C25H31N3. The minimum Gasteiger partial charge on any atom is -0.377 e. The summed E-state index contributed by atoms with van der Waals surface area (Å²) in [6.45, 7) is 22.4. The van der Waals surface area contributed by atoms with Crippen LogP contribution < -0.4 is 5.32 Å². The number of likely N-dealkylation sites (N-methyl/N-ethyl adjacent to an activating group) is 1. The van der Waals surface area contributed by atoms with E-state index in [0.29, 0.717) is 0 Å². The number of rotatable bonds is 8. The lowest BCUT2D eigenvalue weighted by Gasteiger charge is -2.29. The van der Waals surface area contributed by atoms with Crippen LogP contribution in [0, 0.1) is 0 Å². The first-order valence-corrected chi connectivity index (χ1v) is 9.55. The second-order valence-electron chi connectivity index (χ2n) is 7.05. The van der Waals surface area contributed by atoms with E-state index in [1.807, 2.05) is 31.0 Å². The molecule has 146 valence electrons. The second-order valence-corrected chi connectivity index (χ2v) is 7.05. The van der Waals surface area contributed by atoms with Crippen molar-refractivity contribution in [3.8, 4) is 0 Å². The number of benzene rings is 1. The third-order valence-corrected chi connectivity index (χ3v) is 4.86. The molecule has 3 heteroatoms. The van der Waals surface area contributed by atoms with Gasteiger partial charge in [-0.15, -0.1) is 0 Å². The van der Waals surface area contributed by atoms with Crippen molar-refractivity contribution in [2.75, 3.05) is 7.05 Å². The first-order valence-electron chi connectivity index (χ1n) is 9.55. The molecule has 1 N–H and O–H groups in total. The normalized spacial score (nSPS) is 16.1. The van der Waals surface area contributed by atoms with Crippen molar-refractivity contribution in [3.63, 3.8) is 0 Å². The maximum atomic E-state index is 4.72. The monoisotopic (exact) mass is 373 g/mol. The van der Waals surface area contributed by atoms with Crippen LogP contribution in [-0.4, -0.2) is 17.7 Å². The molecule has 0 spiro atoms. The number of nitrogens with zero attached hydrogens (tertiary/aromatic N) is 2. The van der Waals surface area contributed by atoms with Crippen LogP contribution in [0.4, 0.5) is 0 Å². The molecule has 0 saturated heterocycles. The van der Waals surface area contributed by atoms with Crippen LogP contribution in [0.25, 0.3) is 5.57 Å². The van der Waals surface area contributed by atoms with Gasteiger partial charge in [0.15, 0.2) is 0 Å². The molecule has 0 amide bonds. The molecule has 0 unspecified atom stereocenters. The Hall–Kier alpha value is -3.07.